The number of rotatable bonds is 2. The molecule has 1 unspecified atom stereocenters. The molecule has 2 nitrogen and oxygen atoms in total. The molecule has 3 saturated heterocycles. The van der Waals surface area contributed by atoms with E-state index in [0.29, 0.717) is 0 Å². The Morgan fingerprint density at radius 2 is 1.33 bits per heavy atom. The number of piperidine rings is 3. The zero-order valence-electron chi connectivity index (χ0n) is 17.0. The van der Waals surface area contributed by atoms with Gasteiger partial charge in [-0.25, -0.2) is 0 Å². The van der Waals surface area contributed by atoms with Crippen LogP contribution in [0.5, 0.6) is 0 Å². The lowest BCUT2D eigenvalue weighted by molar-refractivity contribution is -0.0750. The molecule has 30 heavy (non-hydrogen) atoms. The lowest BCUT2D eigenvalue weighted by Gasteiger charge is -2.53. The maximum Gasteiger partial charge on any atom is 0.132 e. The maximum absolute atomic E-state index is 12.2. The van der Waals surface area contributed by atoms with Crippen LogP contribution in [0.1, 0.15) is 24.0 Å². The van der Waals surface area contributed by atoms with E-state index in [-0.39, 0.29) is 5.92 Å². The summed E-state index contributed by atoms with van der Waals surface area (Å²) in [6, 6.07) is 29.7. The first-order chi connectivity index (χ1) is 14.7. The van der Waals surface area contributed by atoms with E-state index in [9.17, 15) is 5.11 Å². The second kappa shape index (κ2) is 6.72. The summed E-state index contributed by atoms with van der Waals surface area (Å²) in [6.07, 6.45) is 4.36. The van der Waals surface area contributed by atoms with Gasteiger partial charge >= 0.3 is 0 Å². The van der Waals surface area contributed by atoms with Crippen molar-refractivity contribution in [2.45, 2.75) is 18.4 Å². The molecule has 2 heteroatoms. The molecule has 3 fully saturated rings. The van der Waals surface area contributed by atoms with Crippen molar-refractivity contribution in [3.63, 3.8) is 0 Å². The number of aliphatic hydroxyl groups is 1. The van der Waals surface area contributed by atoms with E-state index >= 15 is 0 Å². The van der Waals surface area contributed by atoms with Gasteiger partial charge in [0.05, 0.1) is 5.70 Å². The van der Waals surface area contributed by atoms with Crippen molar-refractivity contribution in [3.05, 3.63) is 102 Å². The highest BCUT2D eigenvalue weighted by atomic mass is 16.3. The molecular formula is C28H25NO. The van der Waals surface area contributed by atoms with Gasteiger partial charge in [-0.2, -0.15) is 0 Å². The van der Waals surface area contributed by atoms with Crippen molar-refractivity contribution in [1.29, 1.82) is 0 Å². The number of hydrogen-bond acceptors (Lipinski definition) is 2. The van der Waals surface area contributed by atoms with Crippen molar-refractivity contribution in [1.82, 2.24) is 4.90 Å². The first-order valence-electron chi connectivity index (χ1n) is 10.9. The predicted octanol–water partition coefficient (Wildman–Crippen LogP) is 5.95. The monoisotopic (exact) mass is 391 g/mol. The summed E-state index contributed by atoms with van der Waals surface area (Å²) in [6.45, 7) is 2.04. The fourth-order valence-corrected chi connectivity index (χ4v) is 5.61. The highest BCUT2D eigenvalue weighted by Crippen LogP contribution is 2.50. The van der Waals surface area contributed by atoms with E-state index in [0.717, 1.165) is 37.2 Å². The van der Waals surface area contributed by atoms with Crippen molar-refractivity contribution < 1.29 is 5.11 Å². The van der Waals surface area contributed by atoms with Crippen molar-refractivity contribution in [2.24, 2.45) is 5.92 Å². The Kier molecular flexibility index (Phi) is 3.97. The molecule has 3 aliphatic heterocycles. The van der Waals surface area contributed by atoms with Crippen LogP contribution in [0.15, 0.2) is 90.6 Å². The Bertz CT molecular complexity index is 1210. The molecule has 1 N–H and O–H groups in total. The van der Waals surface area contributed by atoms with Gasteiger partial charge in [-0.1, -0.05) is 78.9 Å². The third-order valence-corrected chi connectivity index (χ3v) is 7.12. The molecule has 0 amide bonds. The normalized spacial score (nSPS) is 24.8. The standard InChI is InChI=1S/C28H25NO/c30-28(22-10-2-1-3-11-22)23-14-16-29(17-15-23)27(28)19-26-24-12-6-4-8-20(24)18-21-9-5-7-13-25(21)26/h1-13,18-19,23,30H,14-17H2. The first-order valence-corrected chi connectivity index (χ1v) is 10.9. The maximum atomic E-state index is 12.2. The highest BCUT2D eigenvalue weighted by Gasteiger charge is 2.50. The quantitative estimate of drug-likeness (QED) is 0.427. The third-order valence-electron chi connectivity index (χ3n) is 7.12. The van der Waals surface area contributed by atoms with E-state index in [4.69, 9.17) is 0 Å². The van der Waals surface area contributed by atoms with E-state index in [1.807, 2.05) is 18.2 Å². The van der Waals surface area contributed by atoms with Gasteiger partial charge in [-0.3, -0.25) is 0 Å². The van der Waals surface area contributed by atoms with Crippen LogP contribution >= 0.6 is 0 Å². The van der Waals surface area contributed by atoms with Crippen LogP contribution in [0.25, 0.3) is 27.6 Å². The minimum absolute atomic E-state index is 0.261. The Balaban J connectivity index is 1.66. The Morgan fingerprint density at radius 3 is 1.97 bits per heavy atom. The Labute approximate surface area is 177 Å². The van der Waals surface area contributed by atoms with E-state index < -0.39 is 5.60 Å². The summed E-state index contributed by atoms with van der Waals surface area (Å²) >= 11 is 0. The second-order valence-corrected chi connectivity index (χ2v) is 8.66. The molecule has 0 radical (unpaired) electrons. The molecule has 2 bridgehead atoms. The molecular weight excluding hydrogens is 366 g/mol. The van der Waals surface area contributed by atoms with Gasteiger partial charge in [0.25, 0.3) is 0 Å². The predicted molar refractivity (Wildman–Crippen MR) is 124 cm³/mol. The second-order valence-electron chi connectivity index (χ2n) is 8.66. The van der Waals surface area contributed by atoms with Gasteiger partial charge in [0.2, 0.25) is 0 Å². The lowest BCUT2D eigenvalue weighted by Crippen LogP contribution is -2.55. The minimum Gasteiger partial charge on any atom is -0.379 e. The molecule has 4 aromatic rings. The molecule has 148 valence electrons. The molecule has 4 aromatic carbocycles. The average molecular weight is 392 g/mol. The van der Waals surface area contributed by atoms with E-state index in [1.165, 1.54) is 27.1 Å². The van der Waals surface area contributed by atoms with E-state index in [1.54, 1.807) is 0 Å². The van der Waals surface area contributed by atoms with Gasteiger partial charge in [-0.05, 0) is 57.7 Å². The largest absolute Gasteiger partial charge is 0.379 e. The van der Waals surface area contributed by atoms with Gasteiger partial charge < -0.3 is 10.0 Å². The summed E-state index contributed by atoms with van der Waals surface area (Å²) in [4.78, 5) is 2.41. The Hall–Kier alpha value is -3.10. The first kappa shape index (κ1) is 17.7. The number of nitrogens with zero attached hydrogens (tertiary/aromatic N) is 1. The number of fused-ring (bicyclic) bond motifs is 5. The lowest BCUT2D eigenvalue weighted by atomic mass is 9.69. The summed E-state index contributed by atoms with van der Waals surface area (Å²) in [5.41, 5.74) is 2.34. The minimum atomic E-state index is -0.935. The number of hydrogen-bond donors (Lipinski definition) is 1. The average Bonchev–Trinajstić information content (AvgIpc) is 2.82. The summed E-state index contributed by atoms with van der Waals surface area (Å²) in [5, 5.41) is 17.1. The molecule has 0 aliphatic carbocycles. The summed E-state index contributed by atoms with van der Waals surface area (Å²) in [7, 11) is 0. The molecule has 3 aliphatic rings. The van der Waals surface area contributed by atoms with Crippen LogP contribution < -0.4 is 0 Å². The van der Waals surface area contributed by atoms with Crippen LogP contribution in [0.2, 0.25) is 0 Å². The topological polar surface area (TPSA) is 23.5 Å². The van der Waals surface area contributed by atoms with Crippen LogP contribution in [0, 0.1) is 5.92 Å². The fraction of sp³-hybridized carbons (Fsp3) is 0.214. The zero-order chi connectivity index (χ0) is 20.1. The zero-order valence-corrected chi connectivity index (χ0v) is 17.0. The van der Waals surface area contributed by atoms with Crippen LogP contribution in [-0.2, 0) is 5.60 Å². The fourth-order valence-electron chi connectivity index (χ4n) is 5.61. The van der Waals surface area contributed by atoms with Crippen molar-refractivity contribution in [2.75, 3.05) is 13.1 Å². The molecule has 3 heterocycles. The number of benzene rings is 4. The van der Waals surface area contributed by atoms with Gasteiger partial charge in [0, 0.05) is 19.0 Å². The van der Waals surface area contributed by atoms with Crippen molar-refractivity contribution >= 4 is 27.6 Å². The van der Waals surface area contributed by atoms with Crippen LogP contribution in [0.3, 0.4) is 0 Å². The van der Waals surface area contributed by atoms with Gasteiger partial charge in [-0.15, -0.1) is 0 Å². The highest BCUT2D eigenvalue weighted by molar-refractivity contribution is 6.07. The Morgan fingerprint density at radius 1 is 0.767 bits per heavy atom. The third kappa shape index (κ3) is 2.54. The van der Waals surface area contributed by atoms with Crippen molar-refractivity contribution in [3.8, 4) is 0 Å². The molecule has 7 rings (SSSR count). The molecule has 0 aromatic heterocycles. The molecule has 0 saturated carbocycles. The summed E-state index contributed by atoms with van der Waals surface area (Å²) in [5.74, 6) is 0.261. The smallest absolute Gasteiger partial charge is 0.132 e. The van der Waals surface area contributed by atoms with Gasteiger partial charge in [0.1, 0.15) is 5.60 Å². The van der Waals surface area contributed by atoms with Crippen LogP contribution in [0.4, 0.5) is 0 Å². The van der Waals surface area contributed by atoms with E-state index in [2.05, 4.69) is 77.7 Å². The SMILES string of the molecule is OC1(c2ccccc2)C(=Cc2c3ccccc3cc3ccccc23)N2CCC1CC2. The molecule has 0 spiro atoms. The van der Waals surface area contributed by atoms with Crippen LogP contribution in [-0.4, -0.2) is 23.1 Å². The summed E-state index contributed by atoms with van der Waals surface area (Å²) < 4.78 is 0. The molecule has 1 atom stereocenters. The van der Waals surface area contributed by atoms with Gasteiger partial charge in [0.15, 0.2) is 0 Å².